The molecule has 2 heteroatoms. The van der Waals surface area contributed by atoms with Crippen molar-refractivity contribution in [1.82, 2.24) is 0 Å². The first-order valence-corrected chi connectivity index (χ1v) is 7.98. The zero-order valence-electron chi connectivity index (χ0n) is 10.9. The number of rotatable bonds is 5. The van der Waals surface area contributed by atoms with Crippen LogP contribution in [0.2, 0.25) is 0 Å². The van der Waals surface area contributed by atoms with E-state index in [0.29, 0.717) is 0 Å². The maximum absolute atomic E-state index is 5.94. The molecule has 1 nitrogen and oxygen atoms in total. The SMILES string of the molecule is CCCC1CCC(CN)C(Cc2ccsc2)C1. The van der Waals surface area contributed by atoms with Crippen LogP contribution in [-0.4, -0.2) is 6.54 Å². The van der Waals surface area contributed by atoms with Gasteiger partial charge in [-0.05, 0) is 66.0 Å². The highest BCUT2D eigenvalue weighted by molar-refractivity contribution is 7.07. The van der Waals surface area contributed by atoms with E-state index in [0.717, 1.165) is 24.3 Å². The zero-order valence-corrected chi connectivity index (χ0v) is 11.7. The Balaban J connectivity index is 1.94. The lowest BCUT2D eigenvalue weighted by molar-refractivity contribution is 0.176. The Morgan fingerprint density at radius 2 is 2.24 bits per heavy atom. The minimum absolute atomic E-state index is 0.767. The summed E-state index contributed by atoms with van der Waals surface area (Å²) >= 11 is 1.82. The Hall–Kier alpha value is -0.340. The Bertz CT molecular complexity index is 307. The number of nitrogens with two attached hydrogens (primary N) is 1. The third-order valence-corrected chi connectivity index (χ3v) is 5.06. The standard InChI is InChI=1S/C15H25NS/c1-2-3-12-4-5-14(10-16)15(8-12)9-13-6-7-17-11-13/h6-7,11-12,14-15H,2-5,8-10,16H2,1H3. The van der Waals surface area contributed by atoms with E-state index in [1.165, 1.54) is 44.1 Å². The second-order valence-electron chi connectivity index (χ2n) is 5.56. The van der Waals surface area contributed by atoms with E-state index in [4.69, 9.17) is 5.73 Å². The third kappa shape index (κ3) is 3.56. The van der Waals surface area contributed by atoms with Gasteiger partial charge in [-0.3, -0.25) is 0 Å². The van der Waals surface area contributed by atoms with Gasteiger partial charge in [0.1, 0.15) is 0 Å². The van der Waals surface area contributed by atoms with Crippen LogP contribution < -0.4 is 5.73 Å². The predicted molar refractivity (Wildman–Crippen MR) is 76.3 cm³/mol. The van der Waals surface area contributed by atoms with Crippen LogP contribution in [0, 0.1) is 17.8 Å². The summed E-state index contributed by atoms with van der Waals surface area (Å²) in [6.07, 6.45) is 8.18. The lowest BCUT2D eigenvalue weighted by atomic mass is 9.71. The molecular formula is C15H25NS. The predicted octanol–water partition coefficient (Wildman–Crippen LogP) is 4.08. The van der Waals surface area contributed by atoms with Crippen molar-refractivity contribution in [2.45, 2.75) is 45.4 Å². The van der Waals surface area contributed by atoms with Crippen molar-refractivity contribution in [2.24, 2.45) is 23.5 Å². The molecule has 1 aromatic heterocycles. The Kier molecular flexibility index (Phi) is 5.05. The molecule has 0 bridgehead atoms. The van der Waals surface area contributed by atoms with Gasteiger partial charge >= 0.3 is 0 Å². The summed E-state index contributed by atoms with van der Waals surface area (Å²) in [5, 5.41) is 4.50. The van der Waals surface area contributed by atoms with E-state index >= 15 is 0 Å². The maximum atomic E-state index is 5.94. The van der Waals surface area contributed by atoms with Crippen molar-refractivity contribution in [3.8, 4) is 0 Å². The fourth-order valence-corrected chi connectivity index (χ4v) is 4.05. The van der Waals surface area contributed by atoms with Gasteiger partial charge in [-0.25, -0.2) is 0 Å². The minimum atomic E-state index is 0.767. The quantitative estimate of drug-likeness (QED) is 0.838. The average Bonchev–Trinajstić information content (AvgIpc) is 2.83. The molecule has 0 radical (unpaired) electrons. The summed E-state index contributed by atoms with van der Waals surface area (Å²) in [6, 6.07) is 2.28. The summed E-state index contributed by atoms with van der Waals surface area (Å²) < 4.78 is 0. The Labute approximate surface area is 109 Å². The third-order valence-electron chi connectivity index (χ3n) is 4.33. The van der Waals surface area contributed by atoms with Crippen LogP contribution in [-0.2, 0) is 6.42 Å². The molecule has 3 atom stereocenters. The maximum Gasteiger partial charge on any atom is -0.00461 e. The van der Waals surface area contributed by atoms with Crippen molar-refractivity contribution >= 4 is 11.3 Å². The second kappa shape index (κ2) is 6.55. The highest BCUT2D eigenvalue weighted by Crippen LogP contribution is 2.37. The van der Waals surface area contributed by atoms with Gasteiger partial charge in [0, 0.05) is 0 Å². The Morgan fingerprint density at radius 1 is 1.35 bits per heavy atom. The lowest BCUT2D eigenvalue weighted by Crippen LogP contribution is -2.31. The molecule has 1 heterocycles. The van der Waals surface area contributed by atoms with Crippen molar-refractivity contribution in [3.63, 3.8) is 0 Å². The van der Waals surface area contributed by atoms with Crippen LogP contribution >= 0.6 is 11.3 Å². The topological polar surface area (TPSA) is 26.0 Å². The highest BCUT2D eigenvalue weighted by atomic mass is 32.1. The summed E-state index contributed by atoms with van der Waals surface area (Å²) in [5.41, 5.74) is 7.47. The number of thiophene rings is 1. The zero-order chi connectivity index (χ0) is 12.1. The minimum Gasteiger partial charge on any atom is -0.330 e. The largest absolute Gasteiger partial charge is 0.330 e. The van der Waals surface area contributed by atoms with Gasteiger partial charge < -0.3 is 5.73 Å². The van der Waals surface area contributed by atoms with Crippen LogP contribution in [0.15, 0.2) is 16.8 Å². The average molecular weight is 251 g/mol. The molecule has 2 N–H and O–H groups in total. The van der Waals surface area contributed by atoms with E-state index < -0.39 is 0 Å². The van der Waals surface area contributed by atoms with Crippen molar-refractivity contribution < 1.29 is 0 Å². The van der Waals surface area contributed by atoms with Crippen LogP contribution in [0.25, 0.3) is 0 Å². The molecule has 96 valence electrons. The van der Waals surface area contributed by atoms with E-state index in [1.54, 1.807) is 0 Å². The van der Waals surface area contributed by atoms with Crippen molar-refractivity contribution in [3.05, 3.63) is 22.4 Å². The van der Waals surface area contributed by atoms with E-state index in [9.17, 15) is 0 Å². The molecule has 1 aromatic rings. The fourth-order valence-electron chi connectivity index (χ4n) is 3.37. The first-order chi connectivity index (χ1) is 8.33. The second-order valence-corrected chi connectivity index (χ2v) is 6.34. The molecule has 0 aromatic carbocycles. The normalized spacial score (nSPS) is 29.4. The van der Waals surface area contributed by atoms with Gasteiger partial charge in [0.2, 0.25) is 0 Å². The summed E-state index contributed by atoms with van der Waals surface area (Å²) in [6.45, 7) is 3.19. The molecule has 0 amide bonds. The Morgan fingerprint density at radius 3 is 2.88 bits per heavy atom. The molecule has 0 aliphatic heterocycles. The fraction of sp³-hybridized carbons (Fsp3) is 0.733. The van der Waals surface area contributed by atoms with Crippen LogP contribution in [0.3, 0.4) is 0 Å². The van der Waals surface area contributed by atoms with Gasteiger partial charge in [-0.1, -0.05) is 26.2 Å². The molecule has 1 aliphatic rings. The van der Waals surface area contributed by atoms with Gasteiger partial charge in [0.15, 0.2) is 0 Å². The summed E-state index contributed by atoms with van der Waals surface area (Å²) in [5.74, 6) is 2.56. The van der Waals surface area contributed by atoms with E-state index in [-0.39, 0.29) is 0 Å². The molecular weight excluding hydrogens is 226 g/mol. The van der Waals surface area contributed by atoms with E-state index in [2.05, 4.69) is 23.8 Å². The highest BCUT2D eigenvalue weighted by Gasteiger charge is 2.29. The summed E-state index contributed by atoms with van der Waals surface area (Å²) in [4.78, 5) is 0. The van der Waals surface area contributed by atoms with Crippen molar-refractivity contribution in [2.75, 3.05) is 6.54 Å². The molecule has 17 heavy (non-hydrogen) atoms. The van der Waals surface area contributed by atoms with Crippen molar-refractivity contribution in [1.29, 1.82) is 0 Å². The van der Waals surface area contributed by atoms with Crippen LogP contribution in [0.1, 0.15) is 44.6 Å². The monoisotopic (exact) mass is 251 g/mol. The van der Waals surface area contributed by atoms with Gasteiger partial charge in [-0.15, -0.1) is 0 Å². The molecule has 1 saturated carbocycles. The number of hydrogen-bond acceptors (Lipinski definition) is 2. The number of hydrogen-bond donors (Lipinski definition) is 1. The summed E-state index contributed by atoms with van der Waals surface area (Å²) in [7, 11) is 0. The first-order valence-electron chi connectivity index (χ1n) is 7.04. The van der Waals surface area contributed by atoms with Gasteiger partial charge in [-0.2, -0.15) is 11.3 Å². The first kappa shape index (κ1) is 13.1. The van der Waals surface area contributed by atoms with Crippen LogP contribution in [0.4, 0.5) is 0 Å². The van der Waals surface area contributed by atoms with E-state index in [1.807, 2.05) is 11.3 Å². The molecule has 3 unspecified atom stereocenters. The lowest BCUT2D eigenvalue weighted by Gasteiger charge is -2.35. The van der Waals surface area contributed by atoms with Crippen LogP contribution in [0.5, 0.6) is 0 Å². The smallest absolute Gasteiger partial charge is 0.00461 e. The molecule has 1 aliphatic carbocycles. The molecule has 1 fully saturated rings. The van der Waals surface area contributed by atoms with Gasteiger partial charge in [0.25, 0.3) is 0 Å². The molecule has 0 spiro atoms. The van der Waals surface area contributed by atoms with Gasteiger partial charge in [0.05, 0.1) is 0 Å². The molecule has 0 saturated heterocycles. The molecule has 2 rings (SSSR count).